The molecule has 0 aromatic heterocycles. The summed E-state index contributed by atoms with van der Waals surface area (Å²) in [6.45, 7) is 6.60. The highest BCUT2D eigenvalue weighted by Crippen LogP contribution is 2.67. The molecule has 4 bridgehead atoms. The molecule has 156 valence electrons. The summed E-state index contributed by atoms with van der Waals surface area (Å²) in [6.07, 6.45) is 2.90. The van der Waals surface area contributed by atoms with Crippen molar-refractivity contribution in [2.24, 2.45) is 23.2 Å². The van der Waals surface area contributed by atoms with Gasteiger partial charge in [0, 0.05) is 18.4 Å². The standard InChI is InChI=1S/C21H30O7/c1-4-23-10(2)24-16-14-15(25-18(16)22)17-19(26-14)28-21(27-17)12-5-11-6-13(21)9-20(3,7-11)8-12/h10-17,19H,4-9H2,1-3H3. The highest BCUT2D eigenvalue weighted by molar-refractivity contribution is 5.78. The molecule has 7 heteroatoms. The minimum atomic E-state index is -0.794. The Morgan fingerprint density at radius 3 is 2.54 bits per heavy atom. The summed E-state index contributed by atoms with van der Waals surface area (Å²) in [6, 6.07) is 0. The number of hydrogen-bond donors (Lipinski definition) is 0. The zero-order chi connectivity index (χ0) is 19.3. The van der Waals surface area contributed by atoms with E-state index in [9.17, 15) is 4.79 Å². The van der Waals surface area contributed by atoms with Crippen LogP contribution in [0.5, 0.6) is 0 Å². The summed E-state index contributed by atoms with van der Waals surface area (Å²) in [5.74, 6) is 0.677. The maximum absolute atomic E-state index is 12.4. The summed E-state index contributed by atoms with van der Waals surface area (Å²) in [5.41, 5.74) is 0.434. The van der Waals surface area contributed by atoms with Crippen LogP contribution in [0.3, 0.4) is 0 Å². The van der Waals surface area contributed by atoms with Gasteiger partial charge in [0.15, 0.2) is 36.7 Å². The van der Waals surface area contributed by atoms with E-state index in [1.807, 2.05) is 6.92 Å². The van der Waals surface area contributed by atoms with E-state index in [-0.39, 0.29) is 6.10 Å². The molecule has 0 radical (unpaired) electrons. The predicted octanol–water partition coefficient (Wildman–Crippen LogP) is 2.36. The molecule has 0 aromatic rings. The normalized spacial score (nSPS) is 56.9. The summed E-state index contributed by atoms with van der Waals surface area (Å²) < 4.78 is 36.2. The second-order valence-corrected chi connectivity index (χ2v) is 10.0. The summed E-state index contributed by atoms with van der Waals surface area (Å²) in [7, 11) is 0. The zero-order valence-electron chi connectivity index (χ0n) is 16.8. The van der Waals surface area contributed by atoms with E-state index in [0.717, 1.165) is 18.8 Å². The molecule has 0 aromatic carbocycles. The largest absolute Gasteiger partial charge is 0.454 e. The molecular weight excluding hydrogens is 364 g/mol. The van der Waals surface area contributed by atoms with E-state index in [2.05, 4.69) is 6.92 Å². The Kier molecular flexibility index (Phi) is 3.82. The summed E-state index contributed by atoms with van der Waals surface area (Å²) in [5, 5.41) is 0. The van der Waals surface area contributed by atoms with Crippen LogP contribution in [0.15, 0.2) is 0 Å². The zero-order valence-corrected chi connectivity index (χ0v) is 16.8. The van der Waals surface area contributed by atoms with E-state index in [1.165, 1.54) is 19.3 Å². The van der Waals surface area contributed by atoms with Crippen LogP contribution in [-0.2, 0) is 33.2 Å². The lowest BCUT2D eigenvalue weighted by Crippen LogP contribution is -2.61. The Hall–Kier alpha value is -0.730. The molecule has 0 N–H and O–H groups in total. The van der Waals surface area contributed by atoms with E-state index in [4.69, 9.17) is 28.4 Å². The first-order chi connectivity index (χ1) is 13.4. The lowest BCUT2D eigenvalue weighted by Gasteiger charge is -2.62. The highest BCUT2D eigenvalue weighted by Gasteiger charge is 2.72. The van der Waals surface area contributed by atoms with Crippen molar-refractivity contribution < 1.29 is 33.2 Å². The molecule has 0 amide bonds. The first-order valence-corrected chi connectivity index (χ1v) is 10.9. The molecule has 3 aliphatic heterocycles. The lowest BCUT2D eigenvalue weighted by atomic mass is 9.48. The number of ether oxygens (including phenoxy) is 6. The third-order valence-electron chi connectivity index (χ3n) is 7.98. The van der Waals surface area contributed by atoms with Gasteiger partial charge in [0.1, 0.15) is 6.10 Å². The fourth-order valence-electron chi connectivity index (χ4n) is 7.32. The molecule has 8 unspecified atom stereocenters. The molecular formula is C21H30O7. The Morgan fingerprint density at radius 2 is 1.86 bits per heavy atom. The van der Waals surface area contributed by atoms with Gasteiger partial charge in [-0.15, -0.1) is 0 Å². The number of rotatable bonds is 4. The van der Waals surface area contributed by atoms with Crippen molar-refractivity contribution in [1.82, 2.24) is 0 Å². The van der Waals surface area contributed by atoms with Gasteiger partial charge in [0.05, 0.1) is 0 Å². The van der Waals surface area contributed by atoms with Crippen molar-refractivity contribution in [3.63, 3.8) is 0 Å². The fraction of sp³-hybridized carbons (Fsp3) is 0.952. The van der Waals surface area contributed by atoms with E-state index in [0.29, 0.717) is 23.9 Å². The lowest BCUT2D eigenvalue weighted by molar-refractivity contribution is -0.334. The van der Waals surface area contributed by atoms with Gasteiger partial charge < -0.3 is 28.4 Å². The van der Waals surface area contributed by atoms with Gasteiger partial charge in [-0.2, -0.15) is 0 Å². The Labute approximate surface area is 165 Å². The first-order valence-electron chi connectivity index (χ1n) is 10.9. The van der Waals surface area contributed by atoms with Crippen molar-refractivity contribution in [3.8, 4) is 0 Å². The van der Waals surface area contributed by atoms with Gasteiger partial charge in [-0.05, 0) is 57.3 Å². The average molecular weight is 394 g/mol. The van der Waals surface area contributed by atoms with Gasteiger partial charge in [0.2, 0.25) is 0 Å². The molecule has 8 atom stereocenters. The minimum Gasteiger partial charge on any atom is -0.454 e. The molecule has 28 heavy (non-hydrogen) atoms. The molecule has 3 saturated heterocycles. The van der Waals surface area contributed by atoms with Crippen molar-refractivity contribution >= 4 is 5.97 Å². The summed E-state index contributed by atoms with van der Waals surface area (Å²) >= 11 is 0. The third-order valence-corrected chi connectivity index (χ3v) is 7.98. The van der Waals surface area contributed by atoms with Crippen LogP contribution in [0, 0.1) is 23.2 Å². The molecule has 4 saturated carbocycles. The third kappa shape index (κ3) is 2.37. The molecule has 7 nitrogen and oxygen atoms in total. The summed E-state index contributed by atoms with van der Waals surface area (Å²) in [4.78, 5) is 12.4. The fourth-order valence-corrected chi connectivity index (χ4v) is 7.32. The number of carbonyl (C=O) groups excluding carboxylic acids is 1. The minimum absolute atomic E-state index is 0.365. The van der Waals surface area contributed by atoms with Gasteiger partial charge in [-0.25, -0.2) is 4.79 Å². The van der Waals surface area contributed by atoms with Crippen LogP contribution in [0.4, 0.5) is 0 Å². The van der Waals surface area contributed by atoms with Crippen LogP contribution >= 0.6 is 0 Å². The van der Waals surface area contributed by atoms with Crippen molar-refractivity contribution in [3.05, 3.63) is 0 Å². The van der Waals surface area contributed by atoms with Crippen molar-refractivity contribution in [2.45, 2.75) is 95.7 Å². The van der Waals surface area contributed by atoms with Crippen LogP contribution in [0.25, 0.3) is 0 Å². The number of hydrogen-bond acceptors (Lipinski definition) is 7. The van der Waals surface area contributed by atoms with Crippen LogP contribution in [0.1, 0.15) is 52.9 Å². The van der Waals surface area contributed by atoms with E-state index >= 15 is 0 Å². The van der Waals surface area contributed by atoms with Crippen LogP contribution in [-0.4, -0.2) is 55.4 Å². The second kappa shape index (κ2) is 5.91. The van der Waals surface area contributed by atoms with E-state index in [1.54, 1.807) is 6.92 Å². The van der Waals surface area contributed by atoms with Crippen molar-refractivity contribution in [1.29, 1.82) is 0 Å². The van der Waals surface area contributed by atoms with Gasteiger partial charge in [-0.1, -0.05) is 6.92 Å². The maximum Gasteiger partial charge on any atom is 0.338 e. The van der Waals surface area contributed by atoms with Crippen molar-refractivity contribution in [2.75, 3.05) is 6.61 Å². The Bertz CT molecular complexity index is 664. The van der Waals surface area contributed by atoms with Gasteiger partial charge in [0.25, 0.3) is 0 Å². The molecule has 4 aliphatic carbocycles. The topological polar surface area (TPSA) is 72.5 Å². The maximum atomic E-state index is 12.4. The van der Waals surface area contributed by atoms with Gasteiger partial charge in [-0.3, -0.25) is 0 Å². The predicted molar refractivity (Wildman–Crippen MR) is 94.9 cm³/mol. The number of fused-ring (bicyclic) bond motifs is 3. The quantitative estimate of drug-likeness (QED) is 0.535. The van der Waals surface area contributed by atoms with Gasteiger partial charge >= 0.3 is 5.97 Å². The second-order valence-electron chi connectivity index (χ2n) is 10.0. The molecule has 1 spiro atoms. The number of carbonyl (C=O) groups is 1. The molecule has 3 heterocycles. The number of esters is 1. The first kappa shape index (κ1) is 18.1. The van der Waals surface area contributed by atoms with E-state index < -0.39 is 42.6 Å². The van der Waals surface area contributed by atoms with Crippen LogP contribution in [0.2, 0.25) is 0 Å². The SMILES string of the molecule is CCOC(C)OC1C(=O)OC2C3OC4(OC3OC12)C1CC2CC4CC(C)(C2)C1. The Morgan fingerprint density at radius 1 is 1.11 bits per heavy atom. The molecule has 7 rings (SSSR count). The molecule has 7 aliphatic rings. The highest BCUT2D eigenvalue weighted by atomic mass is 16.9. The Balaban J connectivity index is 1.21. The molecule has 7 fully saturated rings. The van der Waals surface area contributed by atoms with Crippen LogP contribution < -0.4 is 0 Å². The monoisotopic (exact) mass is 394 g/mol. The average Bonchev–Trinajstić information content (AvgIpc) is 3.22. The smallest absolute Gasteiger partial charge is 0.338 e.